The normalized spacial score (nSPS) is 10.9. The van der Waals surface area contributed by atoms with E-state index in [-0.39, 0.29) is 0 Å². The summed E-state index contributed by atoms with van der Waals surface area (Å²) in [5.74, 6) is -0.947. The molecular weight excluding hydrogens is 296 g/mol. The van der Waals surface area contributed by atoms with Crippen molar-refractivity contribution in [2.75, 3.05) is 11.9 Å². The second-order valence-corrected chi connectivity index (χ2v) is 4.57. The Morgan fingerprint density at radius 3 is 3.11 bits per heavy atom. The highest BCUT2D eigenvalue weighted by Gasteiger charge is 2.01. The number of carboxylic acid groups (broad SMARTS) is 1. The number of anilines is 1. The van der Waals surface area contributed by atoms with Crippen LogP contribution in [-0.4, -0.2) is 22.6 Å². The van der Waals surface area contributed by atoms with Crippen molar-refractivity contribution in [3.05, 3.63) is 47.1 Å². The average molecular weight is 307 g/mol. The second-order valence-electron chi connectivity index (χ2n) is 3.65. The van der Waals surface area contributed by atoms with Crippen LogP contribution >= 0.6 is 15.9 Å². The number of carbonyl (C=O) groups is 1. The first kappa shape index (κ1) is 12.6. The fourth-order valence-corrected chi connectivity index (χ4v) is 1.95. The number of halogens is 1. The van der Waals surface area contributed by atoms with Crippen molar-refractivity contribution in [2.24, 2.45) is 0 Å². The molecule has 0 unspecified atom stereocenters. The maximum atomic E-state index is 10.3. The van der Waals surface area contributed by atoms with Gasteiger partial charge in [-0.3, -0.25) is 4.98 Å². The topological polar surface area (TPSA) is 62.2 Å². The van der Waals surface area contributed by atoms with Crippen molar-refractivity contribution < 1.29 is 9.90 Å². The number of rotatable bonds is 4. The van der Waals surface area contributed by atoms with Crippen LogP contribution in [0.5, 0.6) is 0 Å². The highest BCUT2D eigenvalue weighted by molar-refractivity contribution is 9.10. The summed E-state index contributed by atoms with van der Waals surface area (Å²) in [6.45, 7) is 0.448. The van der Waals surface area contributed by atoms with Gasteiger partial charge in [-0.1, -0.05) is 18.2 Å². The number of aliphatic carboxylic acids is 1. The first-order valence-corrected chi connectivity index (χ1v) is 6.14. The summed E-state index contributed by atoms with van der Waals surface area (Å²) >= 11 is 3.38. The van der Waals surface area contributed by atoms with Crippen LogP contribution in [0.2, 0.25) is 0 Å². The van der Waals surface area contributed by atoms with Crippen LogP contribution in [0, 0.1) is 0 Å². The van der Waals surface area contributed by atoms with E-state index in [1.165, 1.54) is 0 Å². The standard InChI is InChI=1S/C13H11BrN2O2/c14-10-7-9-3-1-4-11(13(9)16-8-10)15-6-2-5-12(17)18/h1-5,7-8,15H,6H2,(H,17,18)/b5-2+. The zero-order chi connectivity index (χ0) is 13.0. The van der Waals surface area contributed by atoms with Gasteiger partial charge in [0.25, 0.3) is 0 Å². The molecular formula is C13H11BrN2O2. The van der Waals surface area contributed by atoms with Crippen LogP contribution in [-0.2, 0) is 4.79 Å². The van der Waals surface area contributed by atoms with Gasteiger partial charge in [-0.15, -0.1) is 0 Å². The molecule has 2 aromatic rings. The van der Waals surface area contributed by atoms with E-state index in [1.807, 2.05) is 24.3 Å². The Morgan fingerprint density at radius 1 is 1.50 bits per heavy atom. The molecule has 0 aliphatic rings. The van der Waals surface area contributed by atoms with Gasteiger partial charge in [0.15, 0.2) is 0 Å². The fraction of sp³-hybridized carbons (Fsp3) is 0.0769. The summed E-state index contributed by atoms with van der Waals surface area (Å²) in [6.07, 6.45) is 4.41. The van der Waals surface area contributed by atoms with E-state index >= 15 is 0 Å². The molecule has 0 aliphatic heterocycles. The van der Waals surface area contributed by atoms with Crippen molar-refractivity contribution in [1.82, 2.24) is 4.98 Å². The van der Waals surface area contributed by atoms with E-state index in [1.54, 1.807) is 12.3 Å². The predicted octanol–water partition coefficient (Wildman–Crippen LogP) is 3.05. The van der Waals surface area contributed by atoms with Gasteiger partial charge in [-0.25, -0.2) is 4.79 Å². The van der Waals surface area contributed by atoms with Crippen molar-refractivity contribution in [1.29, 1.82) is 0 Å². The number of hydrogen-bond acceptors (Lipinski definition) is 3. The third-order valence-electron chi connectivity index (χ3n) is 2.35. The lowest BCUT2D eigenvalue weighted by molar-refractivity contribution is -0.131. The Labute approximate surface area is 112 Å². The van der Waals surface area contributed by atoms with Crippen molar-refractivity contribution in [2.45, 2.75) is 0 Å². The first-order valence-electron chi connectivity index (χ1n) is 5.34. The summed E-state index contributed by atoms with van der Waals surface area (Å²) in [7, 11) is 0. The highest BCUT2D eigenvalue weighted by atomic mass is 79.9. The Kier molecular flexibility index (Phi) is 3.94. The van der Waals surface area contributed by atoms with E-state index in [0.29, 0.717) is 6.54 Å². The van der Waals surface area contributed by atoms with Gasteiger partial charge < -0.3 is 10.4 Å². The number of para-hydroxylation sites is 1. The van der Waals surface area contributed by atoms with Gasteiger partial charge in [-0.2, -0.15) is 0 Å². The highest BCUT2D eigenvalue weighted by Crippen LogP contribution is 2.23. The molecule has 0 atom stereocenters. The molecule has 0 radical (unpaired) electrons. The molecule has 0 amide bonds. The smallest absolute Gasteiger partial charge is 0.328 e. The lowest BCUT2D eigenvalue weighted by Gasteiger charge is -2.07. The molecule has 0 bridgehead atoms. The number of nitrogens with one attached hydrogen (secondary N) is 1. The number of hydrogen-bond donors (Lipinski definition) is 2. The Hall–Kier alpha value is -1.88. The molecule has 5 heteroatoms. The molecule has 1 heterocycles. The summed E-state index contributed by atoms with van der Waals surface area (Å²) in [6, 6.07) is 7.81. The van der Waals surface area contributed by atoms with E-state index < -0.39 is 5.97 Å². The third-order valence-corrected chi connectivity index (χ3v) is 2.78. The molecule has 18 heavy (non-hydrogen) atoms. The molecule has 4 nitrogen and oxygen atoms in total. The molecule has 0 spiro atoms. The van der Waals surface area contributed by atoms with Gasteiger partial charge in [0.1, 0.15) is 0 Å². The molecule has 0 fully saturated rings. The van der Waals surface area contributed by atoms with E-state index in [0.717, 1.165) is 27.1 Å². The Balaban J connectivity index is 2.20. The lowest BCUT2D eigenvalue weighted by atomic mass is 10.2. The first-order chi connectivity index (χ1) is 8.66. The second kappa shape index (κ2) is 5.64. The van der Waals surface area contributed by atoms with Crippen LogP contribution < -0.4 is 5.32 Å². The summed E-state index contributed by atoms with van der Waals surface area (Å²) in [5, 5.41) is 12.6. The van der Waals surface area contributed by atoms with Crippen LogP contribution in [0.15, 0.2) is 47.1 Å². The Bertz CT molecular complexity index is 611. The molecule has 2 N–H and O–H groups in total. The summed E-state index contributed by atoms with van der Waals surface area (Å²) in [5.41, 5.74) is 1.75. The summed E-state index contributed by atoms with van der Waals surface area (Å²) < 4.78 is 0.929. The van der Waals surface area contributed by atoms with Crippen molar-refractivity contribution in [3.8, 4) is 0 Å². The number of aromatic nitrogens is 1. The van der Waals surface area contributed by atoms with Crippen LogP contribution in [0.3, 0.4) is 0 Å². The van der Waals surface area contributed by atoms with Crippen LogP contribution in [0.4, 0.5) is 5.69 Å². The zero-order valence-corrected chi connectivity index (χ0v) is 11.0. The molecule has 0 aliphatic carbocycles. The third kappa shape index (κ3) is 3.07. The number of fused-ring (bicyclic) bond motifs is 1. The molecule has 0 saturated carbocycles. The van der Waals surface area contributed by atoms with Gasteiger partial charge >= 0.3 is 5.97 Å². The fourth-order valence-electron chi connectivity index (χ4n) is 1.61. The molecule has 92 valence electrons. The van der Waals surface area contributed by atoms with Crippen molar-refractivity contribution in [3.63, 3.8) is 0 Å². The minimum atomic E-state index is -0.947. The van der Waals surface area contributed by atoms with E-state index in [2.05, 4.69) is 26.2 Å². The number of pyridine rings is 1. The SMILES string of the molecule is O=C(O)/C=C/CNc1cccc2cc(Br)cnc12. The Morgan fingerprint density at radius 2 is 2.33 bits per heavy atom. The van der Waals surface area contributed by atoms with Gasteiger partial charge in [0, 0.05) is 28.7 Å². The molecule has 2 rings (SSSR count). The predicted molar refractivity (Wildman–Crippen MR) is 74.7 cm³/mol. The van der Waals surface area contributed by atoms with Gasteiger partial charge in [0.05, 0.1) is 11.2 Å². The minimum absolute atomic E-state index is 0.448. The quantitative estimate of drug-likeness (QED) is 0.852. The monoisotopic (exact) mass is 306 g/mol. The summed E-state index contributed by atoms with van der Waals surface area (Å²) in [4.78, 5) is 14.7. The largest absolute Gasteiger partial charge is 0.478 e. The van der Waals surface area contributed by atoms with Crippen molar-refractivity contribution >= 4 is 38.5 Å². The van der Waals surface area contributed by atoms with Crippen LogP contribution in [0.25, 0.3) is 10.9 Å². The molecule has 0 saturated heterocycles. The van der Waals surface area contributed by atoms with Crippen LogP contribution in [0.1, 0.15) is 0 Å². The number of benzene rings is 1. The van der Waals surface area contributed by atoms with E-state index in [4.69, 9.17) is 5.11 Å². The average Bonchev–Trinajstić information content (AvgIpc) is 2.34. The maximum absolute atomic E-state index is 10.3. The molecule has 1 aromatic carbocycles. The number of carboxylic acids is 1. The van der Waals surface area contributed by atoms with E-state index in [9.17, 15) is 4.79 Å². The van der Waals surface area contributed by atoms with Gasteiger partial charge in [-0.05, 0) is 28.1 Å². The zero-order valence-electron chi connectivity index (χ0n) is 9.43. The molecule has 1 aromatic heterocycles. The minimum Gasteiger partial charge on any atom is -0.478 e. The maximum Gasteiger partial charge on any atom is 0.328 e. The van der Waals surface area contributed by atoms with Gasteiger partial charge in [0.2, 0.25) is 0 Å². The lowest BCUT2D eigenvalue weighted by Crippen LogP contribution is -2.00. The number of nitrogens with zero attached hydrogens (tertiary/aromatic N) is 1.